The number of ether oxygens (including phenoxy) is 1. The van der Waals surface area contributed by atoms with Crippen LogP contribution in [0.5, 0.6) is 0 Å². The van der Waals surface area contributed by atoms with Crippen molar-refractivity contribution in [3.05, 3.63) is 0 Å². The molecule has 4 heteroatoms. The summed E-state index contributed by atoms with van der Waals surface area (Å²) in [6.07, 6.45) is 3.80. The fourth-order valence-electron chi connectivity index (χ4n) is 1.39. The Morgan fingerprint density at radius 2 is 2.38 bits per heavy atom. The van der Waals surface area contributed by atoms with Crippen molar-refractivity contribution in [2.24, 2.45) is 0 Å². The van der Waals surface area contributed by atoms with Gasteiger partial charge in [0.25, 0.3) is 0 Å². The summed E-state index contributed by atoms with van der Waals surface area (Å²) in [6.45, 7) is 0.786. The molecule has 0 aliphatic carbocycles. The molecule has 0 N–H and O–H groups in total. The highest BCUT2D eigenvalue weighted by molar-refractivity contribution is 5.75. The molecule has 1 aliphatic rings. The average molecular weight is 187 g/mol. The molecule has 0 aromatic carbocycles. The van der Waals surface area contributed by atoms with Crippen molar-refractivity contribution in [2.75, 3.05) is 20.8 Å². The highest BCUT2D eigenvalue weighted by Crippen LogP contribution is 2.16. The van der Waals surface area contributed by atoms with Gasteiger partial charge in [-0.1, -0.05) is 0 Å². The SMILES string of the molecule is CON(C)C(=O)CC1CCCCO1. The van der Waals surface area contributed by atoms with Gasteiger partial charge in [-0.05, 0) is 19.3 Å². The van der Waals surface area contributed by atoms with Crippen molar-refractivity contribution < 1.29 is 14.4 Å². The number of hydrogen-bond donors (Lipinski definition) is 0. The molecule has 76 valence electrons. The van der Waals surface area contributed by atoms with Crippen molar-refractivity contribution in [3.63, 3.8) is 0 Å². The van der Waals surface area contributed by atoms with E-state index in [0.29, 0.717) is 6.42 Å². The van der Waals surface area contributed by atoms with E-state index in [2.05, 4.69) is 0 Å². The zero-order chi connectivity index (χ0) is 9.68. The van der Waals surface area contributed by atoms with Crippen LogP contribution >= 0.6 is 0 Å². The summed E-state index contributed by atoms with van der Waals surface area (Å²) in [5, 5.41) is 1.25. The topological polar surface area (TPSA) is 38.8 Å². The number of hydrogen-bond acceptors (Lipinski definition) is 3. The molecule has 0 radical (unpaired) electrons. The molecule has 1 heterocycles. The molecule has 1 unspecified atom stereocenters. The highest BCUT2D eigenvalue weighted by atomic mass is 16.7. The fourth-order valence-corrected chi connectivity index (χ4v) is 1.39. The molecule has 0 bridgehead atoms. The first-order chi connectivity index (χ1) is 6.24. The van der Waals surface area contributed by atoms with Crippen molar-refractivity contribution in [1.29, 1.82) is 0 Å². The van der Waals surface area contributed by atoms with Crippen molar-refractivity contribution in [2.45, 2.75) is 31.8 Å². The normalized spacial score (nSPS) is 22.8. The molecule has 0 aromatic rings. The summed E-state index contributed by atoms with van der Waals surface area (Å²) < 4.78 is 5.44. The summed E-state index contributed by atoms with van der Waals surface area (Å²) in [5.74, 6) is -0.0191. The molecule has 1 fully saturated rings. The molecular weight excluding hydrogens is 170 g/mol. The summed E-state index contributed by atoms with van der Waals surface area (Å²) in [7, 11) is 3.10. The van der Waals surface area contributed by atoms with Crippen molar-refractivity contribution in [1.82, 2.24) is 5.06 Å². The van der Waals surface area contributed by atoms with Gasteiger partial charge < -0.3 is 4.74 Å². The lowest BCUT2D eigenvalue weighted by atomic mass is 10.1. The van der Waals surface area contributed by atoms with Gasteiger partial charge in [-0.3, -0.25) is 9.63 Å². The fraction of sp³-hybridized carbons (Fsp3) is 0.889. The van der Waals surface area contributed by atoms with Gasteiger partial charge in [-0.15, -0.1) is 0 Å². The summed E-state index contributed by atoms with van der Waals surface area (Å²) in [4.78, 5) is 16.1. The van der Waals surface area contributed by atoms with E-state index in [9.17, 15) is 4.79 Å². The van der Waals surface area contributed by atoms with Crippen LogP contribution in [0.4, 0.5) is 0 Å². The van der Waals surface area contributed by atoms with Gasteiger partial charge in [0.05, 0.1) is 19.6 Å². The lowest BCUT2D eigenvalue weighted by Crippen LogP contribution is -2.31. The van der Waals surface area contributed by atoms with Gasteiger partial charge in [0.15, 0.2) is 0 Å². The van der Waals surface area contributed by atoms with Gasteiger partial charge in [-0.25, -0.2) is 5.06 Å². The second kappa shape index (κ2) is 5.19. The van der Waals surface area contributed by atoms with Crippen LogP contribution in [-0.4, -0.2) is 37.8 Å². The second-order valence-electron chi connectivity index (χ2n) is 3.27. The Morgan fingerprint density at radius 3 is 2.92 bits per heavy atom. The number of hydroxylamine groups is 2. The first-order valence-electron chi connectivity index (χ1n) is 4.66. The largest absolute Gasteiger partial charge is 0.378 e. The summed E-state index contributed by atoms with van der Waals surface area (Å²) in [6, 6.07) is 0. The van der Waals surface area contributed by atoms with E-state index in [1.54, 1.807) is 7.05 Å². The third kappa shape index (κ3) is 3.32. The van der Waals surface area contributed by atoms with E-state index in [-0.39, 0.29) is 12.0 Å². The molecule has 1 amide bonds. The monoisotopic (exact) mass is 187 g/mol. The quantitative estimate of drug-likeness (QED) is 0.618. The van der Waals surface area contributed by atoms with Crippen LogP contribution in [-0.2, 0) is 14.4 Å². The standard InChI is InChI=1S/C9H17NO3/c1-10(12-2)9(11)7-8-5-3-4-6-13-8/h8H,3-7H2,1-2H3. The maximum atomic E-state index is 11.4. The summed E-state index contributed by atoms with van der Waals surface area (Å²) >= 11 is 0. The van der Waals surface area contributed by atoms with E-state index < -0.39 is 0 Å². The Morgan fingerprint density at radius 1 is 1.62 bits per heavy atom. The minimum Gasteiger partial charge on any atom is -0.378 e. The number of carbonyl (C=O) groups is 1. The van der Waals surface area contributed by atoms with Gasteiger partial charge in [-0.2, -0.15) is 0 Å². The van der Waals surface area contributed by atoms with Crippen LogP contribution in [0, 0.1) is 0 Å². The Labute approximate surface area is 78.8 Å². The van der Waals surface area contributed by atoms with Crippen molar-refractivity contribution >= 4 is 5.91 Å². The zero-order valence-corrected chi connectivity index (χ0v) is 8.28. The molecule has 13 heavy (non-hydrogen) atoms. The molecule has 0 aromatic heterocycles. The smallest absolute Gasteiger partial charge is 0.248 e. The van der Waals surface area contributed by atoms with Crippen molar-refractivity contribution in [3.8, 4) is 0 Å². The number of amides is 1. The van der Waals surface area contributed by atoms with E-state index >= 15 is 0 Å². The molecule has 1 rings (SSSR count). The number of nitrogens with zero attached hydrogens (tertiary/aromatic N) is 1. The first-order valence-corrected chi connectivity index (χ1v) is 4.66. The molecule has 0 saturated carbocycles. The summed E-state index contributed by atoms with van der Waals surface area (Å²) in [5.41, 5.74) is 0. The maximum absolute atomic E-state index is 11.4. The minimum atomic E-state index is -0.0191. The zero-order valence-electron chi connectivity index (χ0n) is 8.28. The number of carbonyl (C=O) groups excluding carboxylic acids is 1. The minimum absolute atomic E-state index is 0.0191. The van der Waals surface area contributed by atoms with Crippen LogP contribution in [0.25, 0.3) is 0 Å². The van der Waals surface area contributed by atoms with E-state index in [1.165, 1.54) is 12.2 Å². The van der Waals surface area contributed by atoms with Gasteiger partial charge in [0.2, 0.25) is 5.91 Å². The lowest BCUT2D eigenvalue weighted by Gasteiger charge is -2.23. The Balaban J connectivity index is 2.26. The van der Waals surface area contributed by atoms with Gasteiger partial charge >= 0.3 is 0 Å². The third-order valence-electron chi connectivity index (χ3n) is 2.30. The van der Waals surface area contributed by atoms with E-state index in [0.717, 1.165) is 25.9 Å². The lowest BCUT2D eigenvalue weighted by molar-refractivity contribution is -0.172. The molecule has 1 atom stereocenters. The Kier molecular flexibility index (Phi) is 4.18. The molecular formula is C9H17NO3. The maximum Gasteiger partial charge on any atom is 0.248 e. The van der Waals surface area contributed by atoms with Crippen LogP contribution < -0.4 is 0 Å². The van der Waals surface area contributed by atoms with Gasteiger partial charge in [0.1, 0.15) is 0 Å². The third-order valence-corrected chi connectivity index (χ3v) is 2.30. The predicted molar refractivity (Wildman–Crippen MR) is 48.0 cm³/mol. The van der Waals surface area contributed by atoms with Crippen LogP contribution in [0.15, 0.2) is 0 Å². The Bertz CT molecular complexity index is 166. The average Bonchev–Trinajstić information content (AvgIpc) is 2.18. The van der Waals surface area contributed by atoms with E-state index in [1.807, 2.05) is 0 Å². The van der Waals surface area contributed by atoms with E-state index in [4.69, 9.17) is 9.57 Å². The molecule has 1 aliphatic heterocycles. The van der Waals surface area contributed by atoms with Gasteiger partial charge in [0, 0.05) is 13.7 Å². The molecule has 0 spiro atoms. The highest BCUT2D eigenvalue weighted by Gasteiger charge is 2.19. The van der Waals surface area contributed by atoms with Crippen LogP contribution in [0.3, 0.4) is 0 Å². The predicted octanol–water partition coefficient (Wildman–Crippen LogP) is 0.965. The Hall–Kier alpha value is -0.610. The van der Waals surface area contributed by atoms with Crippen LogP contribution in [0.2, 0.25) is 0 Å². The second-order valence-corrected chi connectivity index (χ2v) is 3.27. The first kappa shape index (κ1) is 10.5. The molecule has 4 nitrogen and oxygen atoms in total. The number of rotatable bonds is 3. The molecule has 1 saturated heterocycles. The van der Waals surface area contributed by atoms with Crippen LogP contribution in [0.1, 0.15) is 25.7 Å².